The van der Waals surface area contributed by atoms with Crippen molar-refractivity contribution in [2.75, 3.05) is 0 Å². The SMILES string of the molecule is Cc1c(-c2cc3c(c(C4=c5ccccc5=C[C@H](c5cccc(-c6c(C(C)C)cc(C(C)C)cc6C(C)C)c5C)C4C)c2C)=CCCC=3)cccc1-c1c(C(C)C)cc(C(C)C)cc1C(C)C. The van der Waals surface area contributed by atoms with Gasteiger partial charge in [0.05, 0.1) is 0 Å². The number of fused-ring (bicyclic) bond motifs is 2. The molecule has 342 valence electrons. The van der Waals surface area contributed by atoms with Gasteiger partial charge in [0.2, 0.25) is 0 Å². The molecule has 2 atom stereocenters. The maximum Gasteiger partial charge on any atom is 0.00965 e. The highest BCUT2D eigenvalue weighted by atomic mass is 14.3. The lowest BCUT2D eigenvalue weighted by atomic mass is 9.71. The van der Waals surface area contributed by atoms with Gasteiger partial charge in [-0.05, 0) is 202 Å². The van der Waals surface area contributed by atoms with E-state index in [1.807, 2.05) is 0 Å². The predicted octanol–water partition coefficient (Wildman–Crippen LogP) is 16.1. The molecule has 2 aliphatic rings. The second-order valence-electron chi connectivity index (χ2n) is 22.0. The zero-order valence-electron chi connectivity index (χ0n) is 43.4. The normalized spacial score (nSPS) is 16.0. The van der Waals surface area contributed by atoms with Crippen molar-refractivity contribution in [1.82, 2.24) is 0 Å². The van der Waals surface area contributed by atoms with Crippen LogP contribution < -0.4 is 20.9 Å². The van der Waals surface area contributed by atoms with Crippen LogP contribution in [0.2, 0.25) is 0 Å². The van der Waals surface area contributed by atoms with Gasteiger partial charge >= 0.3 is 0 Å². The summed E-state index contributed by atoms with van der Waals surface area (Å²) in [6.07, 6.45) is 9.81. The third kappa shape index (κ3) is 8.41. The number of hydrogen-bond donors (Lipinski definition) is 0. The second kappa shape index (κ2) is 18.8. The smallest absolute Gasteiger partial charge is 0.00965 e. The van der Waals surface area contributed by atoms with Gasteiger partial charge in [-0.1, -0.05) is 193 Å². The predicted molar refractivity (Wildman–Crippen MR) is 290 cm³/mol. The summed E-state index contributed by atoms with van der Waals surface area (Å²) in [5, 5.41) is 5.52. The summed E-state index contributed by atoms with van der Waals surface area (Å²) in [5.74, 6) is 3.10. The molecule has 0 bridgehead atoms. The molecule has 0 N–H and O–H groups in total. The summed E-state index contributed by atoms with van der Waals surface area (Å²) in [6.45, 7) is 38.1. The Bertz CT molecular complexity index is 3030. The molecule has 0 saturated heterocycles. The molecular formula is C66H78. The highest BCUT2D eigenvalue weighted by Crippen LogP contribution is 2.46. The minimum absolute atomic E-state index is 0.212. The van der Waals surface area contributed by atoms with Crippen molar-refractivity contribution in [2.45, 2.75) is 165 Å². The van der Waals surface area contributed by atoms with Crippen molar-refractivity contribution in [3.05, 3.63) is 173 Å². The Balaban J connectivity index is 1.36. The highest BCUT2D eigenvalue weighted by Gasteiger charge is 2.31. The molecule has 6 aromatic carbocycles. The Labute approximate surface area is 399 Å². The number of hydrogen-bond acceptors (Lipinski definition) is 0. The minimum atomic E-state index is 0.212. The molecule has 0 fully saturated rings. The van der Waals surface area contributed by atoms with Gasteiger partial charge in [-0.25, -0.2) is 0 Å². The molecule has 2 aliphatic carbocycles. The maximum absolute atomic E-state index is 2.60. The molecule has 6 aromatic rings. The van der Waals surface area contributed by atoms with Gasteiger partial charge in [-0.2, -0.15) is 0 Å². The minimum Gasteiger partial charge on any atom is -0.0763 e. The molecule has 0 aliphatic heterocycles. The summed E-state index contributed by atoms with van der Waals surface area (Å²) >= 11 is 0. The van der Waals surface area contributed by atoms with Crippen LogP contribution in [0, 0.1) is 26.7 Å². The van der Waals surface area contributed by atoms with Crippen molar-refractivity contribution in [1.29, 1.82) is 0 Å². The largest absolute Gasteiger partial charge is 0.0763 e. The van der Waals surface area contributed by atoms with Gasteiger partial charge in [0.25, 0.3) is 0 Å². The van der Waals surface area contributed by atoms with E-state index in [9.17, 15) is 0 Å². The summed E-state index contributed by atoms with van der Waals surface area (Å²) in [6, 6.07) is 36.1. The topological polar surface area (TPSA) is 0 Å². The fraction of sp³-hybridized carbons (Fsp3) is 0.394. The molecule has 0 amide bonds. The third-order valence-corrected chi connectivity index (χ3v) is 15.6. The van der Waals surface area contributed by atoms with Crippen LogP contribution >= 0.6 is 0 Å². The lowest BCUT2D eigenvalue weighted by molar-refractivity contribution is 0.670. The number of benzene rings is 6. The van der Waals surface area contributed by atoms with Crippen molar-refractivity contribution in [3.63, 3.8) is 0 Å². The van der Waals surface area contributed by atoms with Crippen LogP contribution in [-0.2, 0) is 0 Å². The Morgan fingerprint density at radius 1 is 0.424 bits per heavy atom. The fourth-order valence-corrected chi connectivity index (χ4v) is 11.7. The van der Waals surface area contributed by atoms with Crippen molar-refractivity contribution in [3.8, 4) is 33.4 Å². The second-order valence-corrected chi connectivity index (χ2v) is 22.0. The molecular weight excluding hydrogens is 793 g/mol. The van der Waals surface area contributed by atoms with E-state index in [0.717, 1.165) is 12.8 Å². The Kier molecular flexibility index (Phi) is 13.5. The van der Waals surface area contributed by atoms with Crippen LogP contribution in [0.4, 0.5) is 0 Å². The van der Waals surface area contributed by atoms with Crippen LogP contribution in [0.15, 0.2) is 91.0 Å². The Morgan fingerprint density at radius 2 is 0.909 bits per heavy atom. The van der Waals surface area contributed by atoms with E-state index in [4.69, 9.17) is 0 Å². The van der Waals surface area contributed by atoms with Crippen molar-refractivity contribution in [2.24, 2.45) is 5.92 Å². The zero-order chi connectivity index (χ0) is 47.5. The molecule has 0 aromatic heterocycles. The third-order valence-electron chi connectivity index (χ3n) is 15.6. The molecule has 0 nitrogen and oxygen atoms in total. The molecule has 0 saturated carbocycles. The van der Waals surface area contributed by atoms with Gasteiger partial charge in [-0.3, -0.25) is 0 Å². The van der Waals surface area contributed by atoms with E-state index < -0.39 is 0 Å². The van der Waals surface area contributed by atoms with Gasteiger partial charge in [0.15, 0.2) is 0 Å². The molecule has 66 heavy (non-hydrogen) atoms. The lowest BCUT2D eigenvalue weighted by Gasteiger charge is -2.32. The summed E-state index contributed by atoms with van der Waals surface area (Å²) < 4.78 is 0. The van der Waals surface area contributed by atoms with Crippen molar-refractivity contribution < 1.29 is 0 Å². The lowest BCUT2D eigenvalue weighted by Crippen LogP contribution is -2.40. The fourth-order valence-electron chi connectivity index (χ4n) is 11.7. The summed E-state index contributed by atoms with van der Waals surface area (Å²) in [7, 11) is 0. The average molecular weight is 871 g/mol. The average Bonchev–Trinajstić information content (AvgIpc) is 3.28. The van der Waals surface area contributed by atoms with E-state index in [1.165, 1.54) is 121 Å². The summed E-state index contributed by atoms with van der Waals surface area (Å²) in [5.41, 5.74) is 25.7. The van der Waals surface area contributed by atoms with Gasteiger partial charge in [0, 0.05) is 5.92 Å². The molecule has 1 unspecified atom stereocenters. The Morgan fingerprint density at radius 3 is 1.44 bits per heavy atom. The number of rotatable bonds is 11. The van der Waals surface area contributed by atoms with Crippen LogP contribution in [0.25, 0.3) is 57.2 Å². The van der Waals surface area contributed by atoms with Gasteiger partial charge in [-0.15, -0.1) is 0 Å². The first-order chi connectivity index (χ1) is 31.4. The first kappa shape index (κ1) is 47.3. The van der Waals surface area contributed by atoms with E-state index >= 15 is 0 Å². The molecule has 0 heteroatoms. The molecule has 8 rings (SSSR count). The first-order valence-electron chi connectivity index (χ1n) is 25.6. The van der Waals surface area contributed by atoms with E-state index in [2.05, 4.69) is 220 Å². The van der Waals surface area contributed by atoms with Crippen LogP contribution in [-0.4, -0.2) is 0 Å². The van der Waals surface area contributed by atoms with Crippen LogP contribution in [0.3, 0.4) is 0 Å². The van der Waals surface area contributed by atoms with Crippen LogP contribution in [0.1, 0.15) is 205 Å². The Hall–Kier alpha value is -5.20. The zero-order valence-corrected chi connectivity index (χ0v) is 43.4. The molecule has 0 spiro atoms. The summed E-state index contributed by atoms with van der Waals surface area (Å²) in [4.78, 5) is 0. The monoisotopic (exact) mass is 871 g/mol. The van der Waals surface area contributed by atoms with Crippen LogP contribution in [0.5, 0.6) is 0 Å². The van der Waals surface area contributed by atoms with E-state index in [0.29, 0.717) is 35.5 Å². The van der Waals surface area contributed by atoms with E-state index in [1.54, 1.807) is 0 Å². The molecule has 0 heterocycles. The van der Waals surface area contributed by atoms with Gasteiger partial charge < -0.3 is 0 Å². The highest BCUT2D eigenvalue weighted by molar-refractivity contribution is 5.87. The van der Waals surface area contributed by atoms with Gasteiger partial charge in [0.1, 0.15) is 0 Å². The van der Waals surface area contributed by atoms with Crippen molar-refractivity contribution >= 4 is 23.8 Å². The first-order valence-corrected chi connectivity index (χ1v) is 25.6. The standard InChI is InChI=1S/C66H78/c1-37(2)49-33-57(39(5)6)65(58(34-49)40(7)8)53-29-21-27-51(43(53)13)61-31-47-23-17-19-25-55(47)63(45(61)15)64-46(16)62(32-48-24-18-20-26-56(48)64)52-28-22-30-54(44(52)14)66-59(41(9)10)35-50(38(3)4)36-60(66)42(11)12/h17,19,21-42,45,61H,18,20H2,1-16H3/t45?,61-/m0/s1. The quantitative estimate of drug-likeness (QED) is 0.122. The molecule has 0 radical (unpaired) electrons. The van der Waals surface area contributed by atoms with E-state index in [-0.39, 0.29) is 11.8 Å². The maximum atomic E-state index is 2.60.